The Balaban J connectivity index is 1.99. The largest absolute Gasteiger partial charge is 0.481 e. The molecule has 1 atom stereocenters. The van der Waals surface area contributed by atoms with Crippen LogP contribution in [0, 0.1) is 6.92 Å². The maximum atomic E-state index is 12.2. The van der Waals surface area contributed by atoms with Crippen LogP contribution in [-0.4, -0.2) is 47.8 Å². The van der Waals surface area contributed by atoms with Crippen molar-refractivity contribution in [3.8, 4) is 0 Å². The summed E-state index contributed by atoms with van der Waals surface area (Å²) >= 11 is 6.01. The number of hydrogen-bond donors (Lipinski definition) is 2. The minimum absolute atomic E-state index is 0.111. The molecule has 0 saturated carbocycles. The summed E-state index contributed by atoms with van der Waals surface area (Å²) in [5.41, 5.74) is 1.44. The van der Waals surface area contributed by atoms with E-state index < -0.39 is 12.1 Å². The van der Waals surface area contributed by atoms with E-state index in [1.54, 1.807) is 23.1 Å². The van der Waals surface area contributed by atoms with Crippen molar-refractivity contribution in [1.29, 1.82) is 0 Å². The Bertz CT molecular complexity index is 550. The van der Waals surface area contributed by atoms with Crippen LogP contribution in [-0.2, 0) is 9.53 Å². The van der Waals surface area contributed by atoms with Crippen molar-refractivity contribution >= 4 is 29.3 Å². The zero-order valence-corrected chi connectivity index (χ0v) is 12.4. The summed E-state index contributed by atoms with van der Waals surface area (Å²) < 4.78 is 5.34. The molecule has 6 nitrogen and oxygen atoms in total. The maximum Gasteiger partial charge on any atom is 0.322 e. The van der Waals surface area contributed by atoms with Gasteiger partial charge in [-0.05, 0) is 24.6 Å². The summed E-state index contributed by atoms with van der Waals surface area (Å²) in [7, 11) is 0. The van der Waals surface area contributed by atoms with Crippen molar-refractivity contribution in [1.82, 2.24) is 4.90 Å². The van der Waals surface area contributed by atoms with Gasteiger partial charge in [0.1, 0.15) is 0 Å². The van der Waals surface area contributed by atoms with Crippen molar-refractivity contribution in [2.24, 2.45) is 0 Å². The topological polar surface area (TPSA) is 78.9 Å². The third-order valence-corrected chi connectivity index (χ3v) is 3.75. The van der Waals surface area contributed by atoms with Crippen LogP contribution in [0.1, 0.15) is 12.0 Å². The number of carboxylic acids is 1. The molecule has 0 radical (unpaired) electrons. The van der Waals surface area contributed by atoms with Crippen LogP contribution < -0.4 is 5.32 Å². The van der Waals surface area contributed by atoms with E-state index in [0.29, 0.717) is 23.9 Å². The number of halogens is 1. The van der Waals surface area contributed by atoms with Crippen molar-refractivity contribution in [3.05, 3.63) is 28.8 Å². The van der Waals surface area contributed by atoms with Gasteiger partial charge >= 0.3 is 12.0 Å². The Morgan fingerprint density at radius 1 is 1.52 bits per heavy atom. The second-order valence-corrected chi connectivity index (χ2v) is 5.29. The molecule has 1 aliphatic heterocycles. The molecule has 0 aliphatic carbocycles. The summed E-state index contributed by atoms with van der Waals surface area (Å²) in [5.74, 6) is -0.937. The van der Waals surface area contributed by atoms with Gasteiger partial charge in [-0.1, -0.05) is 17.7 Å². The van der Waals surface area contributed by atoms with Crippen LogP contribution in [0.4, 0.5) is 10.5 Å². The molecule has 0 bridgehead atoms. The van der Waals surface area contributed by atoms with Gasteiger partial charge in [-0.2, -0.15) is 0 Å². The lowest BCUT2D eigenvalue weighted by Crippen LogP contribution is -2.48. The summed E-state index contributed by atoms with van der Waals surface area (Å²) in [6.45, 7) is 2.85. The van der Waals surface area contributed by atoms with E-state index in [-0.39, 0.29) is 19.0 Å². The summed E-state index contributed by atoms with van der Waals surface area (Å²) in [6.07, 6.45) is -0.581. The number of rotatable bonds is 3. The molecule has 0 aromatic heterocycles. The number of anilines is 1. The normalized spacial score (nSPS) is 18.4. The molecule has 1 fully saturated rings. The van der Waals surface area contributed by atoms with Gasteiger partial charge in [-0.15, -0.1) is 0 Å². The number of nitrogens with zero attached hydrogens (tertiary/aromatic N) is 1. The molecule has 21 heavy (non-hydrogen) atoms. The van der Waals surface area contributed by atoms with E-state index in [2.05, 4.69) is 5.32 Å². The SMILES string of the molecule is Cc1c(Cl)cccc1NC(=O)N1CCOC(CC(=O)O)C1. The molecule has 1 aliphatic rings. The molecule has 114 valence electrons. The van der Waals surface area contributed by atoms with Crippen LogP contribution >= 0.6 is 11.6 Å². The van der Waals surface area contributed by atoms with Gasteiger partial charge in [-0.3, -0.25) is 4.79 Å². The molecule has 1 aromatic carbocycles. The van der Waals surface area contributed by atoms with E-state index in [1.165, 1.54) is 0 Å². The van der Waals surface area contributed by atoms with E-state index in [9.17, 15) is 9.59 Å². The zero-order valence-electron chi connectivity index (χ0n) is 11.6. The van der Waals surface area contributed by atoms with Crippen LogP contribution in [0.2, 0.25) is 5.02 Å². The lowest BCUT2D eigenvalue weighted by Gasteiger charge is -2.32. The standard InChI is InChI=1S/C14H17ClN2O4/c1-9-11(15)3-2-4-12(9)16-14(20)17-5-6-21-10(8-17)7-13(18)19/h2-4,10H,5-8H2,1H3,(H,16,20)(H,18,19). The van der Waals surface area contributed by atoms with Crippen LogP contribution in [0.5, 0.6) is 0 Å². The highest BCUT2D eigenvalue weighted by Gasteiger charge is 2.26. The van der Waals surface area contributed by atoms with E-state index in [0.717, 1.165) is 5.56 Å². The summed E-state index contributed by atoms with van der Waals surface area (Å²) in [6, 6.07) is 5.01. The number of benzene rings is 1. The Kier molecular flexibility index (Phi) is 5.03. The number of urea groups is 1. The Morgan fingerprint density at radius 2 is 2.29 bits per heavy atom. The zero-order chi connectivity index (χ0) is 15.4. The number of nitrogens with one attached hydrogen (secondary N) is 1. The smallest absolute Gasteiger partial charge is 0.322 e. The number of amides is 2. The molecule has 1 saturated heterocycles. The van der Waals surface area contributed by atoms with Gasteiger partial charge in [-0.25, -0.2) is 4.79 Å². The molecule has 7 heteroatoms. The number of hydrogen-bond acceptors (Lipinski definition) is 3. The molecule has 1 unspecified atom stereocenters. The average Bonchev–Trinajstić information content (AvgIpc) is 2.43. The van der Waals surface area contributed by atoms with Crippen LogP contribution in [0.25, 0.3) is 0 Å². The minimum atomic E-state index is -0.937. The Hall–Kier alpha value is -1.79. The van der Waals surface area contributed by atoms with Crippen molar-refractivity contribution < 1.29 is 19.4 Å². The molecule has 2 N–H and O–H groups in total. The number of carbonyl (C=O) groups excluding carboxylic acids is 1. The highest BCUT2D eigenvalue weighted by molar-refractivity contribution is 6.31. The fourth-order valence-electron chi connectivity index (χ4n) is 2.16. The van der Waals surface area contributed by atoms with Gasteiger partial charge in [0, 0.05) is 23.8 Å². The third kappa shape index (κ3) is 4.09. The molecule has 2 amide bonds. The van der Waals surface area contributed by atoms with Crippen molar-refractivity contribution in [2.45, 2.75) is 19.4 Å². The third-order valence-electron chi connectivity index (χ3n) is 3.34. The highest BCUT2D eigenvalue weighted by Crippen LogP contribution is 2.23. The predicted octanol–water partition coefficient (Wildman–Crippen LogP) is 2.36. The Morgan fingerprint density at radius 3 is 3.00 bits per heavy atom. The number of carboxylic acid groups (broad SMARTS) is 1. The number of carbonyl (C=O) groups is 2. The van der Waals surface area contributed by atoms with Crippen molar-refractivity contribution in [3.63, 3.8) is 0 Å². The quantitative estimate of drug-likeness (QED) is 0.898. The van der Waals surface area contributed by atoms with Crippen LogP contribution in [0.3, 0.4) is 0 Å². The second kappa shape index (κ2) is 6.78. The lowest BCUT2D eigenvalue weighted by molar-refractivity contribution is -0.141. The molecular weight excluding hydrogens is 296 g/mol. The average molecular weight is 313 g/mol. The molecule has 1 heterocycles. The van der Waals surface area contributed by atoms with Gasteiger partial charge in [0.25, 0.3) is 0 Å². The number of aliphatic carboxylic acids is 1. The summed E-state index contributed by atoms with van der Waals surface area (Å²) in [5, 5.41) is 12.2. The first kappa shape index (κ1) is 15.6. The predicted molar refractivity (Wildman–Crippen MR) is 78.8 cm³/mol. The number of morpholine rings is 1. The van der Waals surface area contributed by atoms with Gasteiger partial charge in [0.05, 0.1) is 19.1 Å². The van der Waals surface area contributed by atoms with Crippen LogP contribution in [0.15, 0.2) is 18.2 Å². The molecule has 2 rings (SSSR count). The first-order chi connectivity index (χ1) is 9.97. The monoisotopic (exact) mass is 312 g/mol. The van der Waals surface area contributed by atoms with E-state index in [1.807, 2.05) is 6.92 Å². The minimum Gasteiger partial charge on any atom is -0.481 e. The highest BCUT2D eigenvalue weighted by atomic mass is 35.5. The first-order valence-electron chi connectivity index (χ1n) is 6.62. The lowest BCUT2D eigenvalue weighted by atomic mass is 10.2. The fourth-order valence-corrected chi connectivity index (χ4v) is 2.33. The van der Waals surface area contributed by atoms with Gasteiger partial charge in [0.2, 0.25) is 0 Å². The first-order valence-corrected chi connectivity index (χ1v) is 6.99. The van der Waals surface area contributed by atoms with Crippen molar-refractivity contribution in [2.75, 3.05) is 25.0 Å². The number of ether oxygens (including phenoxy) is 1. The van der Waals surface area contributed by atoms with Gasteiger partial charge in [0.15, 0.2) is 0 Å². The maximum absolute atomic E-state index is 12.2. The molecule has 0 spiro atoms. The fraction of sp³-hybridized carbons (Fsp3) is 0.429. The Labute approximate surface area is 127 Å². The van der Waals surface area contributed by atoms with E-state index in [4.69, 9.17) is 21.4 Å². The summed E-state index contributed by atoms with van der Waals surface area (Å²) in [4.78, 5) is 24.5. The van der Waals surface area contributed by atoms with Gasteiger partial charge < -0.3 is 20.1 Å². The molecular formula is C14H17ClN2O4. The molecule has 1 aromatic rings. The second-order valence-electron chi connectivity index (χ2n) is 4.88. The van der Waals surface area contributed by atoms with E-state index >= 15 is 0 Å².